The Kier molecular flexibility index (Phi) is 6.40. The third-order valence-electron chi connectivity index (χ3n) is 3.36. The van der Waals surface area contributed by atoms with Gasteiger partial charge in [-0.05, 0) is 18.9 Å². The highest BCUT2D eigenvalue weighted by molar-refractivity contribution is 5.74. The summed E-state index contributed by atoms with van der Waals surface area (Å²) < 4.78 is 38.5. The molecule has 0 aromatic heterocycles. The van der Waals surface area contributed by atoms with Crippen LogP contribution in [-0.2, 0) is 11.2 Å². The van der Waals surface area contributed by atoms with Crippen molar-refractivity contribution >= 4 is 6.03 Å². The molecule has 0 aliphatic carbocycles. The number of methoxy groups -OCH3 is 1. The highest BCUT2D eigenvalue weighted by Crippen LogP contribution is 2.34. The Balaban J connectivity index is 1.73. The van der Waals surface area contributed by atoms with Gasteiger partial charge in [0.25, 0.3) is 0 Å². The summed E-state index contributed by atoms with van der Waals surface area (Å²) in [6.45, 7) is -2.27. The van der Waals surface area contributed by atoms with E-state index in [4.69, 9.17) is 9.47 Å². The van der Waals surface area contributed by atoms with Gasteiger partial charge in [-0.15, -0.1) is 0 Å². The van der Waals surface area contributed by atoms with Crippen LogP contribution in [0.4, 0.5) is 13.6 Å². The minimum absolute atomic E-state index is 0.0995. The Bertz CT molecular complexity index is 528. The summed E-state index contributed by atoms with van der Waals surface area (Å²) >= 11 is 0. The summed E-state index contributed by atoms with van der Waals surface area (Å²) in [6.07, 6.45) is 0.952. The number of para-hydroxylation sites is 1. The predicted octanol–water partition coefficient (Wildman–Crippen LogP) is 1.93. The maximum atomic E-state index is 11.8. The van der Waals surface area contributed by atoms with Crippen LogP contribution in [0.1, 0.15) is 12.0 Å². The number of alkyl halides is 2. The van der Waals surface area contributed by atoms with Gasteiger partial charge < -0.3 is 24.8 Å². The topological polar surface area (TPSA) is 68.8 Å². The van der Waals surface area contributed by atoms with Gasteiger partial charge >= 0.3 is 12.6 Å². The predicted molar refractivity (Wildman–Crippen MR) is 79.1 cm³/mol. The molecule has 1 aromatic rings. The van der Waals surface area contributed by atoms with Crippen LogP contribution in [0.25, 0.3) is 0 Å². The number of hydrogen-bond acceptors (Lipinski definition) is 4. The molecule has 0 saturated carbocycles. The van der Waals surface area contributed by atoms with Gasteiger partial charge in [-0.1, -0.05) is 12.1 Å². The zero-order valence-corrected chi connectivity index (χ0v) is 12.8. The van der Waals surface area contributed by atoms with Crippen molar-refractivity contribution in [2.24, 2.45) is 0 Å². The second-order valence-electron chi connectivity index (χ2n) is 5.05. The number of hydrogen-bond donors (Lipinski definition) is 2. The lowest BCUT2D eigenvalue weighted by atomic mass is 10.0. The highest BCUT2D eigenvalue weighted by atomic mass is 19.3. The number of urea groups is 1. The second-order valence-corrected chi connectivity index (χ2v) is 5.05. The van der Waals surface area contributed by atoms with E-state index < -0.39 is 6.61 Å². The Labute approximate surface area is 133 Å². The average molecular weight is 330 g/mol. The number of halogens is 2. The van der Waals surface area contributed by atoms with E-state index in [1.165, 1.54) is 0 Å². The van der Waals surface area contributed by atoms with Gasteiger partial charge in [0, 0.05) is 12.1 Å². The van der Waals surface area contributed by atoms with Crippen molar-refractivity contribution in [2.75, 3.05) is 26.9 Å². The summed E-state index contributed by atoms with van der Waals surface area (Å²) in [5.41, 5.74) is 0.964. The van der Waals surface area contributed by atoms with Crippen LogP contribution in [0, 0.1) is 0 Å². The normalized spacial score (nSPS) is 16.4. The number of nitrogens with one attached hydrogen (secondary N) is 2. The molecule has 1 heterocycles. The Morgan fingerprint density at radius 1 is 1.48 bits per heavy atom. The molecule has 2 rings (SSSR count). The standard InChI is InChI=1S/C15H20F2N2O4/c1-21-12-5-2-4-10-8-11(9-23-13(10)12)19-15(20)18-6-3-7-22-14(16)17/h2,4-5,11,14H,3,6-9H2,1H3,(H2,18,19,20)/t11-/m1/s1. The van der Waals surface area contributed by atoms with Gasteiger partial charge in [0.2, 0.25) is 0 Å². The molecular weight excluding hydrogens is 310 g/mol. The summed E-state index contributed by atoms with van der Waals surface area (Å²) in [4.78, 5) is 11.8. The van der Waals surface area contributed by atoms with Crippen LogP contribution in [0.5, 0.6) is 11.5 Å². The molecule has 0 fully saturated rings. The van der Waals surface area contributed by atoms with Crippen LogP contribution in [0.2, 0.25) is 0 Å². The Hall–Kier alpha value is -2.09. The molecule has 0 unspecified atom stereocenters. The van der Waals surface area contributed by atoms with E-state index >= 15 is 0 Å². The van der Waals surface area contributed by atoms with Gasteiger partial charge in [-0.2, -0.15) is 8.78 Å². The molecule has 1 aromatic carbocycles. The molecule has 23 heavy (non-hydrogen) atoms. The van der Waals surface area contributed by atoms with Crippen molar-refractivity contribution in [1.82, 2.24) is 10.6 Å². The number of ether oxygens (including phenoxy) is 3. The van der Waals surface area contributed by atoms with Gasteiger partial charge in [0.1, 0.15) is 6.61 Å². The molecule has 0 spiro atoms. The van der Waals surface area contributed by atoms with Gasteiger partial charge in [-0.3, -0.25) is 0 Å². The van der Waals surface area contributed by atoms with Crippen molar-refractivity contribution < 1.29 is 27.8 Å². The third kappa shape index (κ3) is 5.24. The first-order valence-corrected chi connectivity index (χ1v) is 7.33. The molecular formula is C15H20F2N2O4. The van der Waals surface area contributed by atoms with Crippen molar-refractivity contribution in [1.29, 1.82) is 0 Å². The number of carbonyl (C=O) groups is 1. The zero-order valence-electron chi connectivity index (χ0n) is 12.8. The molecule has 8 heteroatoms. The first kappa shape index (κ1) is 17.3. The fraction of sp³-hybridized carbons (Fsp3) is 0.533. The summed E-state index contributed by atoms with van der Waals surface area (Å²) in [6, 6.07) is 5.09. The lowest BCUT2D eigenvalue weighted by molar-refractivity contribution is -0.128. The Morgan fingerprint density at radius 3 is 3.04 bits per heavy atom. The van der Waals surface area contributed by atoms with Crippen LogP contribution >= 0.6 is 0 Å². The van der Waals surface area contributed by atoms with Gasteiger partial charge in [0.15, 0.2) is 11.5 Å². The van der Waals surface area contributed by atoms with Crippen molar-refractivity contribution in [3.05, 3.63) is 23.8 Å². The smallest absolute Gasteiger partial charge is 0.345 e. The lowest BCUT2D eigenvalue weighted by Gasteiger charge is -2.27. The minimum Gasteiger partial charge on any atom is -0.493 e. The number of amides is 2. The molecule has 1 aliphatic heterocycles. The molecule has 0 saturated heterocycles. The molecule has 1 atom stereocenters. The van der Waals surface area contributed by atoms with E-state index in [0.29, 0.717) is 30.9 Å². The molecule has 1 aliphatic rings. The summed E-state index contributed by atoms with van der Waals surface area (Å²) in [5, 5.41) is 5.39. The van der Waals surface area contributed by atoms with E-state index in [1.54, 1.807) is 7.11 Å². The first-order valence-electron chi connectivity index (χ1n) is 7.33. The summed E-state index contributed by atoms with van der Waals surface area (Å²) in [7, 11) is 1.58. The van der Waals surface area contributed by atoms with E-state index in [1.807, 2.05) is 18.2 Å². The van der Waals surface area contributed by atoms with Crippen molar-refractivity contribution in [2.45, 2.75) is 25.5 Å². The van der Waals surface area contributed by atoms with Gasteiger partial charge in [0.05, 0.1) is 19.8 Å². The molecule has 128 valence electrons. The quantitative estimate of drug-likeness (QED) is 0.750. The number of rotatable bonds is 7. The van der Waals surface area contributed by atoms with Crippen LogP contribution in [0.15, 0.2) is 18.2 Å². The molecule has 0 bridgehead atoms. The molecule has 2 amide bonds. The van der Waals surface area contributed by atoms with Crippen LogP contribution < -0.4 is 20.1 Å². The Morgan fingerprint density at radius 2 is 2.30 bits per heavy atom. The maximum absolute atomic E-state index is 11.8. The fourth-order valence-electron chi connectivity index (χ4n) is 2.33. The highest BCUT2D eigenvalue weighted by Gasteiger charge is 2.23. The summed E-state index contributed by atoms with van der Waals surface area (Å²) in [5.74, 6) is 1.38. The fourth-order valence-corrected chi connectivity index (χ4v) is 2.33. The first-order chi connectivity index (χ1) is 11.1. The minimum atomic E-state index is -2.78. The molecule has 0 radical (unpaired) electrons. The second kappa shape index (κ2) is 8.52. The molecule has 6 nitrogen and oxygen atoms in total. The maximum Gasteiger partial charge on any atom is 0.345 e. The van der Waals surface area contributed by atoms with Crippen molar-refractivity contribution in [3.8, 4) is 11.5 Å². The van der Waals surface area contributed by atoms with Crippen molar-refractivity contribution in [3.63, 3.8) is 0 Å². The average Bonchev–Trinajstić information content (AvgIpc) is 2.53. The third-order valence-corrected chi connectivity index (χ3v) is 3.36. The lowest BCUT2D eigenvalue weighted by Crippen LogP contribution is -2.47. The number of benzene rings is 1. The van der Waals surface area contributed by atoms with Gasteiger partial charge in [-0.25, -0.2) is 4.79 Å². The van der Waals surface area contributed by atoms with Crippen LogP contribution in [0.3, 0.4) is 0 Å². The van der Waals surface area contributed by atoms with Crippen LogP contribution in [-0.4, -0.2) is 45.6 Å². The van der Waals surface area contributed by atoms with E-state index in [0.717, 1.165) is 5.56 Å². The SMILES string of the molecule is COc1cccc2c1OC[C@H](NC(=O)NCCCOC(F)F)C2. The number of fused-ring (bicyclic) bond motifs is 1. The van der Waals surface area contributed by atoms with E-state index in [9.17, 15) is 13.6 Å². The van der Waals surface area contributed by atoms with E-state index in [2.05, 4.69) is 15.4 Å². The molecule has 2 N–H and O–H groups in total. The van der Waals surface area contributed by atoms with E-state index in [-0.39, 0.29) is 25.2 Å². The number of carbonyl (C=O) groups excluding carboxylic acids is 1. The monoisotopic (exact) mass is 330 g/mol. The zero-order chi connectivity index (χ0) is 16.7. The largest absolute Gasteiger partial charge is 0.493 e.